The summed E-state index contributed by atoms with van der Waals surface area (Å²) in [6.07, 6.45) is 2.20. The molecular weight excluding hydrogens is 287 g/mol. The van der Waals surface area contributed by atoms with Crippen LogP contribution in [-0.4, -0.2) is 38.1 Å². The minimum atomic E-state index is -0.400. The lowest BCUT2D eigenvalue weighted by atomic mass is 10.1. The molecule has 2 rings (SSSR count). The lowest BCUT2D eigenvalue weighted by molar-refractivity contribution is -0.141. The molecule has 120 valence electrons. The molecule has 1 aromatic rings. The smallest absolute Gasteiger partial charge is 0.307 e. The predicted octanol–water partition coefficient (Wildman–Crippen LogP) is 2.11. The Kier molecular flexibility index (Phi) is 5.35. The van der Waals surface area contributed by atoms with Crippen LogP contribution in [-0.2, 0) is 9.53 Å². The third-order valence-electron chi connectivity index (χ3n) is 3.73. The Hall–Kier alpha value is -2.11. The topological polar surface area (TPSA) is 58.6 Å². The minimum absolute atomic E-state index is 0.0799. The highest BCUT2D eigenvalue weighted by molar-refractivity contribution is 5.95. The summed E-state index contributed by atoms with van der Waals surface area (Å²) in [6, 6.07) is 4.12. The van der Waals surface area contributed by atoms with Crippen molar-refractivity contribution in [3.05, 3.63) is 29.6 Å². The molecule has 0 aromatic heterocycles. The number of methoxy groups -OCH3 is 1. The number of hydrogen-bond donors (Lipinski definition) is 1. The van der Waals surface area contributed by atoms with Gasteiger partial charge in [-0.3, -0.25) is 9.59 Å². The highest BCUT2D eigenvalue weighted by Crippen LogP contribution is 2.24. The first-order chi connectivity index (χ1) is 10.5. The van der Waals surface area contributed by atoms with E-state index in [1.807, 2.05) is 4.90 Å². The Labute approximate surface area is 129 Å². The fourth-order valence-electron chi connectivity index (χ4n) is 2.55. The van der Waals surface area contributed by atoms with Crippen LogP contribution in [0.5, 0.6) is 0 Å². The van der Waals surface area contributed by atoms with Gasteiger partial charge in [0.05, 0.1) is 19.2 Å². The molecule has 22 heavy (non-hydrogen) atoms. The number of carbonyl (C=O) groups is 2. The highest BCUT2D eigenvalue weighted by Gasteiger charge is 2.19. The monoisotopic (exact) mass is 308 g/mol. The van der Waals surface area contributed by atoms with Crippen LogP contribution in [0.1, 0.15) is 36.5 Å². The van der Waals surface area contributed by atoms with Gasteiger partial charge in [-0.2, -0.15) is 0 Å². The van der Waals surface area contributed by atoms with Gasteiger partial charge in [-0.25, -0.2) is 4.39 Å². The number of ether oxygens (including phenoxy) is 1. The molecule has 5 nitrogen and oxygen atoms in total. The van der Waals surface area contributed by atoms with Gasteiger partial charge < -0.3 is 15.0 Å². The Morgan fingerprint density at radius 3 is 2.64 bits per heavy atom. The number of nitrogens with zero attached hydrogens (tertiary/aromatic N) is 1. The number of nitrogens with one attached hydrogen (secondary N) is 1. The number of carbonyl (C=O) groups excluding carboxylic acids is 2. The molecule has 0 bridgehead atoms. The Bertz CT molecular complexity index is 556. The average molecular weight is 308 g/mol. The second kappa shape index (κ2) is 7.24. The lowest BCUT2D eigenvalue weighted by Gasteiger charge is -2.19. The zero-order chi connectivity index (χ0) is 16.1. The van der Waals surface area contributed by atoms with E-state index in [0.717, 1.165) is 25.9 Å². The number of hydrogen-bond acceptors (Lipinski definition) is 4. The van der Waals surface area contributed by atoms with Crippen molar-refractivity contribution in [3.63, 3.8) is 0 Å². The molecule has 6 heteroatoms. The summed E-state index contributed by atoms with van der Waals surface area (Å²) in [6.45, 7) is 3.39. The highest BCUT2D eigenvalue weighted by atomic mass is 19.1. The largest absolute Gasteiger partial charge is 0.469 e. The van der Waals surface area contributed by atoms with Crippen LogP contribution in [0, 0.1) is 5.82 Å². The summed E-state index contributed by atoms with van der Waals surface area (Å²) in [5, 5.41) is 2.66. The molecule has 1 aromatic carbocycles. The van der Waals surface area contributed by atoms with Gasteiger partial charge in [-0.1, -0.05) is 0 Å². The van der Waals surface area contributed by atoms with Crippen LogP contribution in [0.3, 0.4) is 0 Å². The van der Waals surface area contributed by atoms with Crippen LogP contribution >= 0.6 is 0 Å². The van der Waals surface area contributed by atoms with Gasteiger partial charge in [-0.05, 0) is 38.0 Å². The van der Waals surface area contributed by atoms with E-state index < -0.39 is 17.7 Å². The van der Waals surface area contributed by atoms with Crippen molar-refractivity contribution in [2.75, 3.05) is 25.1 Å². The molecule has 1 aliphatic heterocycles. The molecule has 1 saturated heterocycles. The molecule has 1 heterocycles. The van der Waals surface area contributed by atoms with Crippen molar-refractivity contribution in [2.24, 2.45) is 0 Å². The first-order valence-electron chi connectivity index (χ1n) is 7.43. The summed E-state index contributed by atoms with van der Waals surface area (Å²) < 4.78 is 18.7. The Balaban J connectivity index is 2.01. The van der Waals surface area contributed by atoms with Crippen LogP contribution < -0.4 is 10.2 Å². The summed E-state index contributed by atoms with van der Waals surface area (Å²) in [7, 11) is 1.29. The second-order valence-electron chi connectivity index (χ2n) is 5.52. The first kappa shape index (κ1) is 16.3. The van der Waals surface area contributed by atoms with Crippen molar-refractivity contribution < 1.29 is 18.7 Å². The van der Waals surface area contributed by atoms with Gasteiger partial charge in [-0.15, -0.1) is 0 Å². The number of esters is 1. The van der Waals surface area contributed by atoms with Crippen molar-refractivity contribution >= 4 is 17.6 Å². The average Bonchev–Trinajstić information content (AvgIpc) is 3.00. The fourth-order valence-corrected chi connectivity index (χ4v) is 2.55. The van der Waals surface area contributed by atoms with E-state index in [1.165, 1.54) is 13.2 Å². The van der Waals surface area contributed by atoms with E-state index in [-0.39, 0.29) is 18.0 Å². The number of anilines is 1. The van der Waals surface area contributed by atoms with Gasteiger partial charge in [0, 0.05) is 24.7 Å². The number of amides is 1. The zero-order valence-electron chi connectivity index (χ0n) is 12.9. The maximum atomic E-state index is 14.2. The van der Waals surface area contributed by atoms with Gasteiger partial charge in [0.2, 0.25) is 0 Å². The predicted molar refractivity (Wildman–Crippen MR) is 81.4 cm³/mol. The Morgan fingerprint density at radius 2 is 2.05 bits per heavy atom. The third-order valence-corrected chi connectivity index (χ3v) is 3.73. The second-order valence-corrected chi connectivity index (χ2v) is 5.52. The number of halogens is 1. The van der Waals surface area contributed by atoms with Gasteiger partial charge in [0.25, 0.3) is 5.91 Å². The van der Waals surface area contributed by atoms with E-state index in [9.17, 15) is 14.0 Å². The van der Waals surface area contributed by atoms with E-state index >= 15 is 0 Å². The molecule has 1 N–H and O–H groups in total. The molecule has 0 aliphatic carbocycles. The summed E-state index contributed by atoms with van der Waals surface area (Å²) in [4.78, 5) is 25.2. The fraction of sp³-hybridized carbons (Fsp3) is 0.500. The lowest BCUT2D eigenvalue weighted by Crippen LogP contribution is -2.34. The number of rotatable bonds is 5. The van der Waals surface area contributed by atoms with Crippen molar-refractivity contribution in [1.29, 1.82) is 0 Å². The first-order valence-corrected chi connectivity index (χ1v) is 7.43. The molecule has 0 spiro atoms. The van der Waals surface area contributed by atoms with Crippen LogP contribution in [0.4, 0.5) is 10.1 Å². The normalized spacial score (nSPS) is 15.5. The molecule has 0 saturated carbocycles. The van der Waals surface area contributed by atoms with Crippen molar-refractivity contribution in [3.8, 4) is 0 Å². The standard InChI is InChI=1S/C16H21FN2O3/c1-11(9-15(20)22-2)18-16(21)12-5-6-14(13(17)10-12)19-7-3-4-8-19/h5-6,10-11H,3-4,7-9H2,1-2H3,(H,18,21). The summed E-state index contributed by atoms with van der Waals surface area (Å²) in [5.41, 5.74) is 0.786. The van der Waals surface area contributed by atoms with E-state index in [1.54, 1.807) is 19.1 Å². The molecule has 1 unspecified atom stereocenters. The third kappa shape index (κ3) is 3.96. The summed E-state index contributed by atoms with van der Waals surface area (Å²) >= 11 is 0. The maximum absolute atomic E-state index is 14.2. The minimum Gasteiger partial charge on any atom is -0.469 e. The molecule has 1 aliphatic rings. The van der Waals surface area contributed by atoms with Crippen LogP contribution in [0.15, 0.2) is 18.2 Å². The SMILES string of the molecule is COC(=O)CC(C)NC(=O)c1ccc(N2CCCC2)c(F)c1. The quantitative estimate of drug-likeness (QED) is 0.846. The molecular formula is C16H21FN2O3. The van der Waals surface area contributed by atoms with E-state index in [2.05, 4.69) is 10.1 Å². The zero-order valence-corrected chi connectivity index (χ0v) is 12.9. The van der Waals surface area contributed by atoms with E-state index in [0.29, 0.717) is 5.69 Å². The molecule has 1 atom stereocenters. The van der Waals surface area contributed by atoms with E-state index in [4.69, 9.17) is 0 Å². The van der Waals surface area contributed by atoms with Crippen molar-refractivity contribution in [2.45, 2.75) is 32.2 Å². The van der Waals surface area contributed by atoms with Crippen LogP contribution in [0.25, 0.3) is 0 Å². The van der Waals surface area contributed by atoms with Gasteiger partial charge >= 0.3 is 5.97 Å². The van der Waals surface area contributed by atoms with Crippen molar-refractivity contribution in [1.82, 2.24) is 5.32 Å². The molecule has 0 radical (unpaired) electrons. The van der Waals surface area contributed by atoms with Gasteiger partial charge in [0.1, 0.15) is 5.82 Å². The summed E-state index contributed by atoms with van der Waals surface area (Å²) in [5.74, 6) is -1.19. The molecule has 1 fully saturated rings. The molecule has 1 amide bonds. The van der Waals surface area contributed by atoms with Crippen LogP contribution in [0.2, 0.25) is 0 Å². The Morgan fingerprint density at radius 1 is 1.36 bits per heavy atom. The van der Waals surface area contributed by atoms with Gasteiger partial charge in [0.15, 0.2) is 0 Å². The maximum Gasteiger partial charge on any atom is 0.307 e. The number of benzene rings is 1.